The summed E-state index contributed by atoms with van der Waals surface area (Å²) in [4.78, 5) is 32.9. The van der Waals surface area contributed by atoms with Crippen LogP contribution in [0, 0.1) is 6.92 Å². The predicted molar refractivity (Wildman–Crippen MR) is 127 cm³/mol. The van der Waals surface area contributed by atoms with Crippen molar-refractivity contribution >= 4 is 34.4 Å². The second kappa shape index (κ2) is 8.49. The Kier molecular flexibility index (Phi) is 5.34. The van der Waals surface area contributed by atoms with E-state index in [4.69, 9.17) is 16.3 Å². The monoisotopic (exact) mass is 475 g/mol. The van der Waals surface area contributed by atoms with Gasteiger partial charge in [0.1, 0.15) is 22.6 Å². The third kappa shape index (κ3) is 3.80. The average molecular weight is 476 g/mol. The molecule has 0 atom stereocenters. The number of halogens is 1. The molecule has 5 aromatic rings. The van der Waals surface area contributed by atoms with Gasteiger partial charge in [-0.05, 0) is 37.3 Å². The van der Waals surface area contributed by atoms with Crippen molar-refractivity contribution in [1.82, 2.24) is 29.5 Å². The van der Waals surface area contributed by atoms with Crippen molar-refractivity contribution in [3.63, 3.8) is 0 Å². The number of benzene rings is 2. The standard InChI is InChI=1S/C23H18ClN7O3/c1-13-10-19(26-21(32)14-6-5-7-15(24)11-14)31(29-13)23-27-20-16(22(33)28-23)12-25-30(20)17-8-3-4-9-18(17)34-2/h3-12H,1-2H3,(H,26,32)(H,27,28,33). The van der Waals surface area contributed by atoms with Gasteiger partial charge in [-0.25, -0.2) is 4.68 Å². The summed E-state index contributed by atoms with van der Waals surface area (Å²) in [6.45, 7) is 1.77. The number of amides is 1. The molecule has 1 amide bonds. The van der Waals surface area contributed by atoms with Crippen LogP contribution >= 0.6 is 11.6 Å². The van der Waals surface area contributed by atoms with Crippen LogP contribution in [0.2, 0.25) is 5.02 Å². The summed E-state index contributed by atoms with van der Waals surface area (Å²) in [5.74, 6) is 0.628. The van der Waals surface area contributed by atoms with Gasteiger partial charge in [-0.2, -0.15) is 19.9 Å². The van der Waals surface area contributed by atoms with Crippen LogP contribution in [0.25, 0.3) is 22.7 Å². The van der Waals surface area contributed by atoms with Crippen molar-refractivity contribution < 1.29 is 9.53 Å². The topological polar surface area (TPSA) is 120 Å². The molecule has 2 aromatic carbocycles. The van der Waals surface area contributed by atoms with Crippen LogP contribution in [0.5, 0.6) is 5.75 Å². The lowest BCUT2D eigenvalue weighted by Crippen LogP contribution is -2.19. The Morgan fingerprint density at radius 2 is 1.94 bits per heavy atom. The first-order chi connectivity index (χ1) is 16.4. The summed E-state index contributed by atoms with van der Waals surface area (Å²) >= 11 is 6.01. The number of para-hydroxylation sites is 2. The molecule has 0 aliphatic rings. The smallest absolute Gasteiger partial charge is 0.263 e. The van der Waals surface area contributed by atoms with Crippen molar-refractivity contribution in [3.05, 3.63) is 87.4 Å². The normalized spacial score (nSPS) is 11.0. The molecular weight excluding hydrogens is 458 g/mol. The van der Waals surface area contributed by atoms with Crippen molar-refractivity contribution in [2.75, 3.05) is 12.4 Å². The third-order valence-corrected chi connectivity index (χ3v) is 5.33. The second-order valence-electron chi connectivity index (χ2n) is 7.40. The van der Waals surface area contributed by atoms with Crippen LogP contribution in [0.1, 0.15) is 16.1 Å². The number of rotatable bonds is 5. The molecule has 0 saturated carbocycles. The lowest BCUT2D eigenvalue weighted by molar-refractivity contribution is 0.102. The van der Waals surface area contributed by atoms with Crippen LogP contribution in [0.15, 0.2) is 65.6 Å². The fourth-order valence-corrected chi connectivity index (χ4v) is 3.75. The number of carbonyl (C=O) groups is 1. The lowest BCUT2D eigenvalue weighted by atomic mass is 10.2. The SMILES string of the molecule is COc1ccccc1-n1ncc2c(=O)[nH]c(-n3nc(C)cc3NC(=O)c3cccc(Cl)c3)nc21. The number of hydrogen-bond acceptors (Lipinski definition) is 6. The van der Waals surface area contributed by atoms with Gasteiger partial charge in [-0.15, -0.1) is 0 Å². The zero-order valence-corrected chi connectivity index (χ0v) is 18.9. The molecule has 5 rings (SSSR count). The maximum Gasteiger partial charge on any atom is 0.263 e. The Morgan fingerprint density at radius 3 is 2.74 bits per heavy atom. The highest BCUT2D eigenvalue weighted by Crippen LogP contribution is 2.25. The Morgan fingerprint density at radius 1 is 1.12 bits per heavy atom. The van der Waals surface area contributed by atoms with E-state index in [0.29, 0.717) is 44.6 Å². The molecule has 0 bridgehead atoms. The number of carbonyl (C=O) groups excluding carboxylic acids is 1. The molecule has 34 heavy (non-hydrogen) atoms. The van der Waals surface area contributed by atoms with Gasteiger partial charge in [0.2, 0.25) is 5.95 Å². The van der Waals surface area contributed by atoms with Gasteiger partial charge in [0.05, 0.1) is 19.0 Å². The number of fused-ring (bicyclic) bond motifs is 1. The number of aromatic nitrogens is 6. The van der Waals surface area contributed by atoms with Gasteiger partial charge >= 0.3 is 0 Å². The van der Waals surface area contributed by atoms with E-state index in [0.717, 1.165) is 0 Å². The number of methoxy groups -OCH3 is 1. The molecule has 2 N–H and O–H groups in total. The summed E-state index contributed by atoms with van der Waals surface area (Å²) < 4.78 is 8.31. The zero-order valence-electron chi connectivity index (χ0n) is 18.1. The zero-order chi connectivity index (χ0) is 23.8. The maximum absolute atomic E-state index is 12.8. The molecule has 0 aliphatic heterocycles. The van der Waals surface area contributed by atoms with Crippen LogP contribution in [-0.4, -0.2) is 42.5 Å². The van der Waals surface area contributed by atoms with Gasteiger partial charge in [0.25, 0.3) is 11.5 Å². The number of anilines is 1. The molecule has 0 radical (unpaired) electrons. The highest BCUT2D eigenvalue weighted by Gasteiger charge is 2.18. The molecular formula is C23H18ClN7O3. The van der Waals surface area contributed by atoms with E-state index in [1.807, 2.05) is 18.2 Å². The number of aromatic amines is 1. The molecule has 0 saturated heterocycles. The Labute approximate surface area is 197 Å². The van der Waals surface area contributed by atoms with Crippen LogP contribution in [-0.2, 0) is 0 Å². The fraction of sp³-hybridized carbons (Fsp3) is 0.0870. The van der Waals surface area contributed by atoms with Crippen molar-refractivity contribution in [1.29, 1.82) is 0 Å². The minimum absolute atomic E-state index is 0.114. The number of aryl methyl sites for hydroxylation is 1. The molecule has 0 spiro atoms. The van der Waals surface area contributed by atoms with E-state index in [1.54, 1.807) is 50.4 Å². The van der Waals surface area contributed by atoms with Crippen LogP contribution in [0.3, 0.4) is 0 Å². The molecule has 11 heteroatoms. The predicted octanol–water partition coefficient (Wildman–Crippen LogP) is 3.52. The largest absolute Gasteiger partial charge is 0.494 e. The van der Waals surface area contributed by atoms with Gasteiger partial charge in [0.15, 0.2) is 5.65 Å². The van der Waals surface area contributed by atoms with E-state index in [1.165, 1.54) is 15.6 Å². The average Bonchev–Trinajstić information content (AvgIpc) is 3.42. The van der Waals surface area contributed by atoms with Crippen LogP contribution < -0.4 is 15.6 Å². The van der Waals surface area contributed by atoms with Gasteiger partial charge in [0, 0.05) is 16.7 Å². The number of nitrogens with one attached hydrogen (secondary N) is 2. The highest BCUT2D eigenvalue weighted by molar-refractivity contribution is 6.31. The summed E-state index contributed by atoms with van der Waals surface area (Å²) in [6.07, 6.45) is 1.44. The summed E-state index contributed by atoms with van der Waals surface area (Å²) in [7, 11) is 1.55. The Bertz CT molecular complexity index is 1600. The van der Waals surface area contributed by atoms with E-state index < -0.39 is 5.56 Å². The van der Waals surface area contributed by atoms with Gasteiger partial charge in [-0.3, -0.25) is 14.6 Å². The van der Waals surface area contributed by atoms with Gasteiger partial charge in [-0.1, -0.05) is 29.8 Å². The molecule has 3 heterocycles. The van der Waals surface area contributed by atoms with E-state index in [-0.39, 0.29) is 11.9 Å². The number of nitrogens with zero attached hydrogens (tertiary/aromatic N) is 5. The maximum atomic E-state index is 12.8. The number of ether oxygens (including phenoxy) is 1. The fourth-order valence-electron chi connectivity index (χ4n) is 3.56. The van der Waals surface area contributed by atoms with E-state index in [9.17, 15) is 9.59 Å². The molecule has 0 fully saturated rings. The lowest BCUT2D eigenvalue weighted by Gasteiger charge is -2.10. The highest BCUT2D eigenvalue weighted by atomic mass is 35.5. The van der Waals surface area contributed by atoms with E-state index in [2.05, 4.69) is 25.5 Å². The van der Waals surface area contributed by atoms with Crippen molar-refractivity contribution in [2.24, 2.45) is 0 Å². The Balaban J connectivity index is 1.61. The summed E-state index contributed by atoms with van der Waals surface area (Å²) in [6, 6.07) is 15.5. The molecule has 170 valence electrons. The second-order valence-corrected chi connectivity index (χ2v) is 7.84. The van der Waals surface area contributed by atoms with E-state index >= 15 is 0 Å². The first-order valence-electron chi connectivity index (χ1n) is 10.2. The minimum atomic E-state index is -0.401. The van der Waals surface area contributed by atoms with Gasteiger partial charge < -0.3 is 10.1 Å². The van der Waals surface area contributed by atoms with Crippen molar-refractivity contribution in [3.8, 4) is 17.4 Å². The minimum Gasteiger partial charge on any atom is -0.494 e. The first-order valence-corrected chi connectivity index (χ1v) is 10.6. The van der Waals surface area contributed by atoms with Crippen molar-refractivity contribution in [2.45, 2.75) is 6.92 Å². The molecule has 10 nitrogen and oxygen atoms in total. The first kappa shape index (κ1) is 21.4. The number of H-pyrrole nitrogens is 1. The summed E-state index contributed by atoms with van der Waals surface area (Å²) in [5, 5.41) is 12.3. The summed E-state index contributed by atoms with van der Waals surface area (Å²) in [5.41, 5.74) is 1.52. The molecule has 0 aliphatic carbocycles. The third-order valence-electron chi connectivity index (χ3n) is 5.10. The quantitative estimate of drug-likeness (QED) is 0.401. The number of hydrogen-bond donors (Lipinski definition) is 2. The van der Waals surface area contributed by atoms with Crippen LogP contribution in [0.4, 0.5) is 5.82 Å². The molecule has 3 aromatic heterocycles. The Hall–Kier alpha value is -4.44. The molecule has 0 unspecified atom stereocenters.